The van der Waals surface area contributed by atoms with Crippen LogP contribution in [0.5, 0.6) is 5.75 Å². The summed E-state index contributed by atoms with van der Waals surface area (Å²) in [6.07, 6.45) is 7.03. The zero-order chi connectivity index (χ0) is 29.3. The number of hydrogen-bond donors (Lipinski definition) is 2. The third kappa shape index (κ3) is 7.08. The van der Waals surface area contributed by atoms with E-state index in [1.165, 1.54) is 17.0 Å². The van der Waals surface area contributed by atoms with E-state index in [0.717, 1.165) is 56.2 Å². The van der Waals surface area contributed by atoms with E-state index in [4.69, 9.17) is 4.74 Å². The van der Waals surface area contributed by atoms with Gasteiger partial charge in [0.15, 0.2) is 0 Å². The first-order chi connectivity index (χ1) is 20.5. The minimum Gasteiger partial charge on any atom is -0.494 e. The Morgan fingerprint density at radius 1 is 0.929 bits per heavy atom. The Morgan fingerprint density at radius 2 is 1.64 bits per heavy atom. The van der Waals surface area contributed by atoms with Crippen LogP contribution in [-0.2, 0) is 4.79 Å². The highest BCUT2D eigenvalue weighted by Gasteiger charge is 2.35. The number of halogens is 1. The summed E-state index contributed by atoms with van der Waals surface area (Å²) in [5.74, 6) is -0.380. The lowest BCUT2D eigenvalue weighted by molar-refractivity contribution is -0.123. The second-order valence-electron chi connectivity index (χ2n) is 10.8. The SMILES string of the molecule is CCCCOc1ccc(N(C(=O)c2ccc(-c3ccccc3)[nH]2)[C@@H](C(=O)NC2CCCCC2)c2ccc(F)cc2)cc1. The van der Waals surface area contributed by atoms with Crippen LogP contribution in [0, 0.1) is 5.82 Å². The van der Waals surface area contributed by atoms with Gasteiger partial charge in [-0.25, -0.2) is 4.39 Å². The summed E-state index contributed by atoms with van der Waals surface area (Å²) < 4.78 is 19.9. The number of nitrogens with zero attached hydrogens (tertiary/aromatic N) is 1. The highest BCUT2D eigenvalue weighted by atomic mass is 19.1. The lowest BCUT2D eigenvalue weighted by atomic mass is 9.94. The number of amides is 2. The van der Waals surface area contributed by atoms with Gasteiger partial charge in [0.25, 0.3) is 5.91 Å². The van der Waals surface area contributed by atoms with E-state index in [1.54, 1.807) is 30.3 Å². The van der Waals surface area contributed by atoms with Crippen LogP contribution in [0.3, 0.4) is 0 Å². The fourth-order valence-electron chi connectivity index (χ4n) is 5.45. The van der Waals surface area contributed by atoms with Gasteiger partial charge >= 0.3 is 0 Å². The molecule has 218 valence electrons. The lowest BCUT2D eigenvalue weighted by Crippen LogP contribution is -2.47. The summed E-state index contributed by atoms with van der Waals surface area (Å²) in [6.45, 7) is 2.71. The minimum absolute atomic E-state index is 0.0377. The maximum absolute atomic E-state index is 14.4. The van der Waals surface area contributed by atoms with Crippen molar-refractivity contribution in [2.24, 2.45) is 0 Å². The first kappa shape index (κ1) is 29.1. The molecule has 5 rings (SSSR count). The van der Waals surface area contributed by atoms with Gasteiger partial charge < -0.3 is 15.0 Å². The van der Waals surface area contributed by atoms with E-state index in [9.17, 15) is 14.0 Å². The summed E-state index contributed by atoms with van der Waals surface area (Å²) in [6, 6.07) is 25.4. The number of nitrogens with one attached hydrogen (secondary N) is 2. The molecule has 1 heterocycles. The van der Waals surface area contributed by atoms with E-state index in [2.05, 4.69) is 17.2 Å². The number of carbonyl (C=O) groups is 2. The number of anilines is 1. The topological polar surface area (TPSA) is 74.4 Å². The Balaban J connectivity index is 1.54. The van der Waals surface area contributed by atoms with Crippen LogP contribution in [0.25, 0.3) is 11.3 Å². The van der Waals surface area contributed by atoms with Crippen molar-refractivity contribution in [3.63, 3.8) is 0 Å². The number of hydrogen-bond acceptors (Lipinski definition) is 3. The monoisotopic (exact) mass is 567 g/mol. The molecule has 1 fully saturated rings. The summed E-state index contributed by atoms with van der Waals surface area (Å²) >= 11 is 0. The van der Waals surface area contributed by atoms with Gasteiger partial charge in [-0.2, -0.15) is 0 Å². The van der Waals surface area contributed by atoms with E-state index in [1.807, 2.05) is 48.5 Å². The van der Waals surface area contributed by atoms with E-state index in [-0.39, 0.29) is 17.9 Å². The molecular formula is C35H38FN3O3. The van der Waals surface area contributed by atoms with Gasteiger partial charge in [0, 0.05) is 17.4 Å². The second kappa shape index (κ2) is 14.0. The standard InChI is InChI=1S/C35H38FN3O3/c1-2-3-24-42-30-20-18-29(19-21-30)39(35(41)32-23-22-31(38-32)25-10-6-4-7-11-25)33(26-14-16-27(36)17-15-26)34(40)37-28-12-8-5-9-13-28/h4,6-7,10-11,14-23,28,33,38H,2-3,5,8-9,12-13,24H2,1H3,(H,37,40)/t33-/m1/s1. The first-order valence-electron chi connectivity index (χ1n) is 14.9. The predicted molar refractivity (Wildman–Crippen MR) is 164 cm³/mol. The van der Waals surface area contributed by atoms with Crippen molar-refractivity contribution in [3.8, 4) is 17.0 Å². The van der Waals surface area contributed by atoms with Crippen molar-refractivity contribution < 1.29 is 18.7 Å². The predicted octanol–water partition coefficient (Wildman–Crippen LogP) is 7.84. The van der Waals surface area contributed by atoms with Crippen molar-refractivity contribution in [1.82, 2.24) is 10.3 Å². The molecule has 0 saturated heterocycles. The largest absolute Gasteiger partial charge is 0.494 e. The number of rotatable bonds is 11. The van der Waals surface area contributed by atoms with Crippen LogP contribution < -0.4 is 15.0 Å². The Bertz CT molecular complexity index is 1450. The molecule has 0 aliphatic heterocycles. The fraction of sp³-hybridized carbons (Fsp3) is 0.314. The summed E-state index contributed by atoms with van der Waals surface area (Å²) in [5.41, 5.74) is 3.14. The van der Waals surface area contributed by atoms with Crippen LogP contribution in [0.15, 0.2) is 91.0 Å². The van der Waals surface area contributed by atoms with Crippen molar-refractivity contribution in [1.29, 1.82) is 0 Å². The fourth-order valence-corrected chi connectivity index (χ4v) is 5.45. The molecule has 0 bridgehead atoms. The molecule has 7 heteroatoms. The first-order valence-corrected chi connectivity index (χ1v) is 14.9. The second-order valence-corrected chi connectivity index (χ2v) is 10.8. The van der Waals surface area contributed by atoms with E-state index in [0.29, 0.717) is 29.3 Å². The minimum atomic E-state index is -1.02. The van der Waals surface area contributed by atoms with E-state index < -0.39 is 11.9 Å². The molecule has 1 atom stereocenters. The normalized spacial score (nSPS) is 14.2. The summed E-state index contributed by atoms with van der Waals surface area (Å²) in [7, 11) is 0. The van der Waals surface area contributed by atoms with Crippen LogP contribution in [0.2, 0.25) is 0 Å². The van der Waals surface area contributed by atoms with Crippen molar-refractivity contribution in [2.75, 3.05) is 11.5 Å². The molecule has 2 N–H and O–H groups in total. The molecule has 1 aliphatic carbocycles. The molecule has 1 aromatic heterocycles. The van der Waals surface area contributed by atoms with Crippen molar-refractivity contribution >= 4 is 17.5 Å². The molecule has 0 unspecified atom stereocenters. The Kier molecular flexibility index (Phi) is 9.70. The number of benzene rings is 3. The van der Waals surface area contributed by atoms with Gasteiger partial charge in [0.05, 0.1) is 6.61 Å². The van der Waals surface area contributed by atoms with Gasteiger partial charge in [0.2, 0.25) is 5.91 Å². The average molecular weight is 568 g/mol. The lowest BCUT2D eigenvalue weighted by Gasteiger charge is -2.33. The van der Waals surface area contributed by atoms with Crippen LogP contribution in [0.1, 0.15) is 74.0 Å². The smallest absolute Gasteiger partial charge is 0.275 e. The van der Waals surface area contributed by atoms with Crippen molar-refractivity contribution in [3.05, 3.63) is 108 Å². The molecule has 0 radical (unpaired) electrons. The van der Waals surface area contributed by atoms with Crippen LogP contribution >= 0.6 is 0 Å². The molecule has 6 nitrogen and oxygen atoms in total. The molecule has 1 aliphatic rings. The molecule has 3 aromatic carbocycles. The average Bonchev–Trinajstić information content (AvgIpc) is 3.52. The Morgan fingerprint density at radius 3 is 2.33 bits per heavy atom. The number of unbranched alkanes of at least 4 members (excludes halogenated alkanes) is 1. The van der Waals surface area contributed by atoms with Gasteiger partial charge in [-0.05, 0) is 78.9 Å². The van der Waals surface area contributed by atoms with E-state index >= 15 is 0 Å². The third-order valence-corrected chi connectivity index (χ3v) is 7.75. The summed E-state index contributed by atoms with van der Waals surface area (Å²) in [4.78, 5) is 33.2. The van der Waals surface area contributed by atoms with Crippen LogP contribution in [0.4, 0.5) is 10.1 Å². The Labute approximate surface area is 246 Å². The molecule has 42 heavy (non-hydrogen) atoms. The quantitative estimate of drug-likeness (QED) is 0.181. The van der Waals surface area contributed by atoms with Gasteiger partial charge in [-0.1, -0.05) is 75.1 Å². The maximum atomic E-state index is 14.4. The molecule has 0 spiro atoms. The highest BCUT2D eigenvalue weighted by molar-refractivity contribution is 6.09. The molecule has 4 aromatic rings. The summed E-state index contributed by atoms with van der Waals surface area (Å²) in [5, 5.41) is 3.20. The number of aromatic nitrogens is 1. The van der Waals surface area contributed by atoms with Gasteiger partial charge in [0.1, 0.15) is 23.3 Å². The Hall–Kier alpha value is -4.39. The third-order valence-electron chi connectivity index (χ3n) is 7.75. The van der Waals surface area contributed by atoms with Gasteiger partial charge in [-0.15, -0.1) is 0 Å². The molecular weight excluding hydrogens is 529 g/mol. The number of aromatic amines is 1. The zero-order valence-corrected chi connectivity index (χ0v) is 24.0. The molecule has 1 saturated carbocycles. The van der Waals surface area contributed by atoms with Crippen LogP contribution in [-0.4, -0.2) is 29.4 Å². The highest BCUT2D eigenvalue weighted by Crippen LogP contribution is 2.32. The molecule has 2 amide bonds. The van der Waals surface area contributed by atoms with Crippen molar-refractivity contribution in [2.45, 2.75) is 64.0 Å². The number of H-pyrrole nitrogens is 1. The number of ether oxygens (including phenoxy) is 1. The number of carbonyl (C=O) groups excluding carboxylic acids is 2. The maximum Gasteiger partial charge on any atom is 0.275 e. The zero-order valence-electron chi connectivity index (χ0n) is 24.0. The van der Waals surface area contributed by atoms with Gasteiger partial charge in [-0.3, -0.25) is 14.5 Å².